The SMILES string of the molecule is OC1CCc2c1nc1ccc(Cl)cc1c2Cl. The fraction of sp³-hybridized carbons (Fsp3) is 0.250. The van der Waals surface area contributed by atoms with E-state index in [4.69, 9.17) is 23.2 Å². The van der Waals surface area contributed by atoms with Crippen molar-refractivity contribution >= 4 is 34.1 Å². The predicted octanol–water partition coefficient (Wildman–Crippen LogP) is 3.52. The molecule has 1 aromatic heterocycles. The molecule has 4 heteroatoms. The molecule has 0 spiro atoms. The highest BCUT2D eigenvalue weighted by molar-refractivity contribution is 6.37. The first-order chi connectivity index (χ1) is 7.66. The number of benzene rings is 1. The second-order valence-corrected chi connectivity index (χ2v) is 4.82. The summed E-state index contributed by atoms with van der Waals surface area (Å²) in [7, 11) is 0. The van der Waals surface area contributed by atoms with E-state index < -0.39 is 6.10 Å². The van der Waals surface area contributed by atoms with Gasteiger partial charge in [-0.15, -0.1) is 0 Å². The molecule has 1 heterocycles. The Balaban J connectivity index is 2.39. The van der Waals surface area contributed by atoms with E-state index in [1.165, 1.54) is 0 Å². The Kier molecular flexibility index (Phi) is 2.32. The molecule has 0 saturated carbocycles. The summed E-state index contributed by atoms with van der Waals surface area (Å²) in [6.45, 7) is 0. The van der Waals surface area contributed by atoms with E-state index in [1.807, 2.05) is 12.1 Å². The number of hydrogen-bond donors (Lipinski definition) is 1. The van der Waals surface area contributed by atoms with Crippen LogP contribution in [0.2, 0.25) is 10.0 Å². The summed E-state index contributed by atoms with van der Waals surface area (Å²) in [6, 6.07) is 5.42. The van der Waals surface area contributed by atoms with Gasteiger partial charge in [0, 0.05) is 10.4 Å². The number of aliphatic hydroxyl groups is 1. The fourth-order valence-corrected chi connectivity index (χ4v) is 2.70. The second-order valence-electron chi connectivity index (χ2n) is 4.01. The molecule has 1 aromatic carbocycles. The third-order valence-electron chi connectivity index (χ3n) is 2.99. The molecule has 0 fully saturated rings. The topological polar surface area (TPSA) is 33.1 Å². The Morgan fingerprint density at radius 1 is 1.31 bits per heavy atom. The summed E-state index contributed by atoms with van der Waals surface area (Å²) < 4.78 is 0. The van der Waals surface area contributed by atoms with Crippen LogP contribution in [0.1, 0.15) is 23.8 Å². The average molecular weight is 254 g/mol. The smallest absolute Gasteiger partial charge is 0.0966 e. The molecule has 1 N–H and O–H groups in total. The molecule has 16 heavy (non-hydrogen) atoms. The lowest BCUT2D eigenvalue weighted by molar-refractivity contribution is 0.176. The van der Waals surface area contributed by atoms with Gasteiger partial charge in [0.2, 0.25) is 0 Å². The molecule has 2 nitrogen and oxygen atoms in total. The van der Waals surface area contributed by atoms with Crippen LogP contribution >= 0.6 is 23.2 Å². The summed E-state index contributed by atoms with van der Waals surface area (Å²) in [5.74, 6) is 0. The maximum Gasteiger partial charge on any atom is 0.0966 e. The molecule has 1 unspecified atom stereocenters. The van der Waals surface area contributed by atoms with Crippen molar-refractivity contribution in [2.24, 2.45) is 0 Å². The molecule has 0 saturated heterocycles. The number of halogens is 2. The van der Waals surface area contributed by atoms with Crippen LogP contribution in [0, 0.1) is 0 Å². The minimum absolute atomic E-state index is 0.479. The van der Waals surface area contributed by atoms with Crippen LogP contribution in [0.15, 0.2) is 18.2 Å². The van der Waals surface area contributed by atoms with E-state index >= 15 is 0 Å². The number of pyridine rings is 1. The third kappa shape index (κ3) is 1.41. The molecule has 1 aliphatic rings. The van der Waals surface area contributed by atoms with Crippen LogP contribution < -0.4 is 0 Å². The van der Waals surface area contributed by atoms with Crippen molar-refractivity contribution < 1.29 is 5.11 Å². The van der Waals surface area contributed by atoms with Crippen LogP contribution in [0.25, 0.3) is 10.9 Å². The highest BCUT2D eigenvalue weighted by Gasteiger charge is 2.25. The van der Waals surface area contributed by atoms with Crippen molar-refractivity contribution in [3.05, 3.63) is 39.5 Å². The summed E-state index contributed by atoms with van der Waals surface area (Å²) in [6.07, 6.45) is 1.00. The van der Waals surface area contributed by atoms with Gasteiger partial charge >= 0.3 is 0 Å². The average Bonchev–Trinajstić information content (AvgIpc) is 2.63. The van der Waals surface area contributed by atoms with Crippen molar-refractivity contribution in [2.75, 3.05) is 0 Å². The number of aliphatic hydroxyl groups excluding tert-OH is 1. The quantitative estimate of drug-likeness (QED) is 0.780. The fourth-order valence-electron chi connectivity index (χ4n) is 2.19. The molecule has 1 atom stereocenters. The van der Waals surface area contributed by atoms with E-state index in [1.54, 1.807) is 6.07 Å². The largest absolute Gasteiger partial charge is 0.387 e. The van der Waals surface area contributed by atoms with Crippen LogP contribution in [-0.4, -0.2) is 10.1 Å². The second kappa shape index (κ2) is 3.59. The Bertz CT molecular complexity index is 583. The monoisotopic (exact) mass is 253 g/mol. The Labute approximate surface area is 103 Å². The zero-order valence-corrected chi connectivity index (χ0v) is 9.89. The minimum Gasteiger partial charge on any atom is -0.387 e. The summed E-state index contributed by atoms with van der Waals surface area (Å²) in [5, 5.41) is 12.0. The first-order valence-corrected chi connectivity index (χ1v) is 5.88. The third-order valence-corrected chi connectivity index (χ3v) is 3.66. The molecule has 0 amide bonds. The number of rotatable bonds is 0. The lowest BCUT2D eigenvalue weighted by atomic mass is 10.1. The van der Waals surface area contributed by atoms with Crippen molar-refractivity contribution in [3.63, 3.8) is 0 Å². The van der Waals surface area contributed by atoms with Gasteiger partial charge in [-0.25, -0.2) is 4.98 Å². The van der Waals surface area contributed by atoms with Crippen molar-refractivity contribution in [2.45, 2.75) is 18.9 Å². The number of aromatic nitrogens is 1. The maximum atomic E-state index is 9.77. The van der Waals surface area contributed by atoms with Gasteiger partial charge in [-0.05, 0) is 36.6 Å². The standard InChI is InChI=1S/C12H9Cl2NO/c13-6-1-3-9-8(5-6)11(14)7-2-4-10(16)12(7)15-9/h1,3,5,10,16H,2,4H2. The van der Waals surface area contributed by atoms with Gasteiger partial charge in [-0.3, -0.25) is 0 Å². The maximum absolute atomic E-state index is 9.77. The number of fused-ring (bicyclic) bond motifs is 2. The van der Waals surface area contributed by atoms with Crippen molar-refractivity contribution in [3.8, 4) is 0 Å². The van der Waals surface area contributed by atoms with E-state index in [9.17, 15) is 5.11 Å². The lowest BCUT2D eigenvalue weighted by Crippen LogP contribution is -1.96. The van der Waals surface area contributed by atoms with Crippen LogP contribution in [-0.2, 0) is 6.42 Å². The van der Waals surface area contributed by atoms with Gasteiger partial charge in [0.05, 0.1) is 22.3 Å². The summed E-state index contributed by atoms with van der Waals surface area (Å²) >= 11 is 12.2. The molecule has 82 valence electrons. The van der Waals surface area contributed by atoms with Gasteiger partial charge in [-0.2, -0.15) is 0 Å². The first kappa shape index (κ1) is 10.3. The molecule has 2 aromatic rings. The highest BCUT2D eigenvalue weighted by atomic mass is 35.5. The minimum atomic E-state index is -0.479. The summed E-state index contributed by atoms with van der Waals surface area (Å²) in [5.41, 5.74) is 2.47. The van der Waals surface area contributed by atoms with Gasteiger partial charge in [0.15, 0.2) is 0 Å². The Morgan fingerprint density at radius 3 is 2.94 bits per heavy atom. The molecule has 0 aliphatic heterocycles. The molecule has 0 bridgehead atoms. The van der Waals surface area contributed by atoms with Crippen LogP contribution in [0.3, 0.4) is 0 Å². The van der Waals surface area contributed by atoms with E-state index in [0.717, 1.165) is 28.6 Å². The normalized spacial score (nSPS) is 19.1. The zero-order chi connectivity index (χ0) is 11.3. The van der Waals surface area contributed by atoms with Gasteiger partial charge in [0.1, 0.15) is 0 Å². The number of hydrogen-bond acceptors (Lipinski definition) is 2. The first-order valence-electron chi connectivity index (χ1n) is 5.12. The van der Waals surface area contributed by atoms with E-state index in [0.29, 0.717) is 16.5 Å². The summed E-state index contributed by atoms with van der Waals surface area (Å²) in [4.78, 5) is 4.45. The molecular weight excluding hydrogens is 245 g/mol. The van der Waals surface area contributed by atoms with Gasteiger partial charge in [-0.1, -0.05) is 23.2 Å². The highest BCUT2D eigenvalue weighted by Crippen LogP contribution is 2.38. The van der Waals surface area contributed by atoms with Crippen molar-refractivity contribution in [1.82, 2.24) is 4.98 Å². The van der Waals surface area contributed by atoms with Gasteiger partial charge < -0.3 is 5.11 Å². The molecule has 1 aliphatic carbocycles. The van der Waals surface area contributed by atoms with E-state index in [-0.39, 0.29) is 0 Å². The number of nitrogens with zero attached hydrogens (tertiary/aromatic N) is 1. The zero-order valence-electron chi connectivity index (χ0n) is 8.37. The van der Waals surface area contributed by atoms with Crippen LogP contribution in [0.4, 0.5) is 0 Å². The Morgan fingerprint density at radius 2 is 2.12 bits per heavy atom. The predicted molar refractivity (Wildman–Crippen MR) is 65.0 cm³/mol. The van der Waals surface area contributed by atoms with E-state index in [2.05, 4.69) is 4.98 Å². The molecular formula is C12H9Cl2NO. The molecule has 0 radical (unpaired) electrons. The lowest BCUT2D eigenvalue weighted by Gasteiger charge is -2.08. The van der Waals surface area contributed by atoms with Crippen LogP contribution in [0.5, 0.6) is 0 Å². The Hall–Kier alpha value is -0.830. The van der Waals surface area contributed by atoms with Gasteiger partial charge in [0.25, 0.3) is 0 Å². The molecule has 3 rings (SSSR count). The van der Waals surface area contributed by atoms with Crippen molar-refractivity contribution in [1.29, 1.82) is 0 Å².